The zero-order chi connectivity index (χ0) is 28.6. The lowest BCUT2D eigenvalue weighted by molar-refractivity contribution is -0.144. The van der Waals surface area contributed by atoms with E-state index >= 15 is 0 Å². The van der Waals surface area contributed by atoms with Crippen molar-refractivity contribution in [2.24, 2.45) is 11.8 Å². The second kappa shape index (κ2) is 11.2. The zero-order valence-electron chi connectivity index (χ0n) is 22.3. The highest BCUT2D eigenvalue weighted by Gasteiger charge is 2.43. The molecule has 0 N–H and O–H groups in total. The van der Waals surface area contributed by atoms with Crippen LogP contribution in [0.25, 0.3) is 11.1 Å². The van der Waals surface area contributed by atoms with E-state index in [1.54, 1.807) is 36.6 Å². The highest BCUT2D eigenvalue weighted by molar-refractivity contribution is 7.90. The first kappa shape index (κ1) is 29.0. The SMILES string of the molecule is COc1cc(F)c(C(C)C)cc1-c1ccc(C(F)(F)F)cc1CC1C(=O)O[C@@H](c2cccc([S+](C)[O-])c2)[C@H]1C. The van der Waals surface area contributed by atoms with Crippen molar-refractivity contribution in [2.45, 2.75) is 50.3 Å². The largest absolute Gasteiger partial charge is 0.612 e. The molecule has 1 saturated heterocycles. The highest BCUT2D eigenvalue weighted by Crippen LogP contribution is 2.44. The lowest BCUT2D eigenvalue weighted by Crippen LogP contribution is -2.18. The summed E-state index contributed by atoms with van der Waals surface area (Å²) in [6, 6.07) is 13.2. The van der Waals surface area contributed by atoms with Crippen LogP contribution in [-0.4, -0.2) is 23.9 Å². The van der Waals surface area contributed by atoms with Gasteiger partial charge in [-0.25, -0.2) is 4.39 Å². The van der Waals surface area contributed by atoms with Gasteiger partial charge in [-0.3, -0.25) is 4.79 Å². The zero-order valence-corrected chi connectivity index (χ0v) is 23.1. The topological polar surface area (TPSA) is 58.6 Å². The molecule has 1 fully saturated rings. The van der Waals surface area contributed by atoms with Crippen LogP contribution in [0.3, 0.4) is 0 Å². The summed E-state index contributed by atoms with van der Waals surface area (Å²) < 4.78 is 79.0. The molecule has 39 heavy (non-hydrogen) atoms. The van der Waals surface area contributed by atoms with Crippen molar-refractivity contribution >= 4 is 17.1 Å². The molecule has 3 aromatic carbocycles. The smallest absolute Gasteiger partial charge is 0.416 e. The van der Waals surface area contributed by atoms with E-state index in [0.29, 0.717) is 27.1 Å². The minimum absolute atomic E-state index is 0.0211. The first-order chi connectivity index (χ1) is 18.3. The fourth-order valence-electron chi connectivity index (χ4n) is 5.09. The van der Waals surface area contributed by atoms with Crippen LogP contribution in [0.5, 0.6) is 5.75 Å². The van der Waals surface area contributed by atoms with Crippen LogP contribution in [-0.2, 0) is 33.3 Å². The summed E-state index contributed by atoms with van der Waals surface area (Å²) in [5.41, 5.74) is 1.38. The summed E-state index contributed by atoms with van der Waals surface area (Å²) >= 11 is -1.23. The molecular weight excluding hydrogens is 532 g/mol. The number of benzene rings is 3. The van der Waals surface area contributed by atoms with Crippen molar-refractivity contribution in [1.29, 1.82) is 0 Å². The Morgan fingerprint density at radius 3 is 2.41 bits per heavy atom. The van der Waals surface area contributed by atoms with E-state index in [0.717, 1.165) is 12.1 Å². The van der Waals surface area contributed by atoms with Gasteiger partial charge >= 0.3 is 12.1 Å². The third kappa shape index (κ3) is 5.94. The highest BCUT2D eigenvalue weighted by atomic mass is 32.2. The monoisotopic (exact) mass is 562 g/mol. The molecule has 0 saturated carbocycles. The van der Waals surface area contributed by atoms with Gasteiger partial charge in [0.1, 0.15) is 23.9 Å². The van der Waals surface area contributed by atoms with Crippen LogP contribution >= 0.6 is 0 Å². The van der Waals surface area contributed by atoms with Gasteiger partial charge in [0, 0.05) is 23.6 Å². The summed E-state index contributed by atoms with van der Waals surface area (Å²) in [6.07, 6.45) is -3.69. The van der Waals surface area contributed by atoms with E-state index in [1.165, 1.54) is 19.2 Å². The number of esters is 1. The average molecular weight is 563 g/mol. The van der Waals surface area contributed by atoms with Gasteiger partial charge in [0.25, 0.3) is 0 Å². The lowest BCUT2D eigenvalue weighted by atomic mass is 9.82. The number of rotatable bonds is 7. The lowest BCUT2D eigenvalue weighted by Gasteiger charge is -2.21. The minimum atomic E-state index is -4.59. The molecule has 1 aliphatic heterocycles. The number of alkyl halides is 3. The Hall–Kier alpha value is -3.04. The van der Waals surface area contributed by atoms with Crippen molar-refractivity contribution in [2.75, 3.05) is 13.4 Å². The van der Waals surface area contributed by atoms with Gasteiger partial charge < -0.3 is 14.0 Å². The van der Waals surface area contributed by atoms with Gasteiger partial charge in [-0.05, 0) is 70.0 Å². The number of hydrogen-bond acceptors (Lipinski definition) is 4. The van der Waals surface area contributed by atoms with Crippen LogP contribution in [0.1, 0.15) is 55.0 Å². The van der Waals surface area contributed by atoms with E-state index in [1.807, 2.05) is 20.8 Å². The average Bonchev–Trinajstić information content (AvgIpc) is 3.16. The second-order valence-electron chi connectivity index (χ2n) is 10.2. The Kier molecular flexibility index (Phi) is 8.33. The Balaban J connectivity index is 1.78. The Bertz CT molecular complexity index is 1370. The Morgan fingerprint density at radius 1 is 1.08 bits per heavy atom. The molecule has 2 unspecified atom stereocenters. The molecule has 4 nitrogen and oxygen atoms in total. The van der Waals surface area contributed by atoms with Crippen LogP contribution in [0.4, 0.5) is 17.6 Å². The number of ether oxygens (including phenoxy) is 2. The van der Waals surface area contributed by atoms with Gasteiger partial charge in [0.15, 0.2) is 4.90 Å². The third-order valence-electron chi connectivity index (χ3n) is 7.28. The van der Waals surface area contributed by atoms with Crippen molar-refractivity contribution in [3.05, 3.63) is 82.7 Å². The molecule has 0 bridgehead atoms. The van der Waals surface area contributed by atoms with E-state index in [2.05, 4.69) is 0 Å². The van der Waals surface area contributed by atoms with Crippen LogP contribution < -0.4 is 4.74 Å². The summed E-state index contributed by atoms with van der Waals surface area (Å²) in [4.78, 5) is 13.6. The second-order valence-corrected chi connectivity index (χ2v) is 11.5. The minimum Gasteiger partial charge on any atom is -0.612 e. The van der Waals surface area contributed by atoms with Crippen molar-refractivity contribution < 1.29 is 36.4 Å². The van der Waals surface area contributed by atoms with Crippen molar-refractivity contribution in [1.82, 2.24) is 0 Å². The van der Waals surface area contributed by atoms with E-state index in [9.17, 15) is 26.9 Å². The van der Waals surface area contributed by atoms with Gasteiger partial charge in [-0.15, -0.1) is 0 Å². The number of carbonyl (C=O) groups is 1. The molecule has 9 heteroatoms. The van der Waals surface area contributed by atoms with Crippen LogP contribution in [0.2, 0.25) is 0 Å². The maximum Gasteiger partial charge on any atom is 0.416 e. The van der Waals surface area contributed by atoms with Crippen LogP contribution in [0.15, 0.2) is 59.5 Å². The predicted octanol–water partition coefficient (Wildman–Crippen LogP) is 7.47. The molecule has 1 heterocycles. The fraction of sp³-hybridized carbons (Fsp3) is 0.367. The van der Waals surface area contributed by atoms with Crippen molar-refractivity contribution in [3.63, 3.8) is 0 Å². The van der Waals surface area contributed by atoms with Crippen LogP contribution in [0, 0.1) is 17.7 Å². The molecule has 0 amide bonds. The molecule has 4 rings (SSSR count). The Morgan fingerprint density at radius 2 is 1.79 bits per heavy atom. The summed E-state index contributed by atoms with van der Waals surface area (Å²) in [5, 5.41) is 0. The maximum absolute atomic E-state index is 14.7. The van der Waals surface area contributed by atoms with Gasteiger partial charge in [0.05, 0.1) is 18.6 Å². The number of carbonyl (C=O) groups excluding carboxylic acids is 1. The molecule has 0 aliphatic carbocycles. The van der Waals surface area contributed by atoms with E-state index < -0.39 is 46.7 Å². The summed E-state index contributed by atoms with van der Waals surface area (Å²) in [5.74, 6) is -2.09. The van der Waals surface area contributed by atoms with Crippen molar-refractivity contribution in [3.8, 4) is 16.9 Å². The molecule has 0 aromatic heterocycles. The number of halogens is 4. The molecule has 3 aromatic rings. The molecule has 1 aliphatic rings. The molecular formula is C30H30F4O4S. The van der Waals surface area contributed by atoms with Gasteiger partial charge in [-0.2, -0.15) is 13.2 Å². The third-order valence-corrected chi connectivity index (χ3v) is 8.20. The van der Waals surface area contributed by atoms with Gasteiger partial charge in [0.2, 0.25) is 0 Å². The number of hydrogen-bond donors (Lipinski definition) is 0. The molecule has 208 valence electrons. The Labute approximate surface area is 228 Å². The van der Waals surface area contributed by atoms with E-state index in [4.69, 9.17) is 9.47 Å². The normalized spacial score (nSPS) is 20.3. The first-order valence-corrected chi connectivity index (χ1v) is 14.1. The number of methoxy groups -OCH3 is 1. The number of cyclic esters (lactones) is 1. The summed E-state index contributed by atoms with van der Waals surface area (Å²) in [6.45, 7) is 5.46. The predicted molar refractivity (Wildman–Crippen MR) is 141 cm³/mol. The molecule has 0 spiro atoms. The molecule has 4 atom stereocenters. The quantitative estimate of drug-likeness (QED) is 0.170. The standard InChI is InChI=1S/C30H30F4O4S/c1-16(2)23-14-25(27(37-4)15-26(23)31)22-10-9-20(30(32,33)34)11-19(22)13-24-17(3)28(38-29(24)35)18-7-6-8-21(12-18)39(5)36/h6-12,14-17,24,28H,13H2,1-5H3/t17-,24?,28+,39?/m0/s1. The van der Waals surface area contributed by atoms with Gasteiger partial charge in [-0.1, -0.05) is 39.0 Å². The maximum atomic E-state index is 14.7. The fourth-order valence-corrected chi connectivity index (χ4v) is 5.66. The summed E-state index contributed by atoms with van der Waals surface area (Å²) in [7, 11) is 1.37. The van der Waals surface area contributed by atoms with E-state index in [-0.39, 0.29) is 29.6 Å². The first-order valence-electron chi connectivity index (χ1n) is 12.5. The molecule has 0 radical (unpaired) electrons.